The zero-order valence-corrected chi connectivity index (χ0v) is 15.0. The second-order valence-corrected chi connectivity index (χ2v) is 5.99. The lowest BCUT2D eigenvalue weighted by Gasteiger charge is -2.18. The Morgan fingerprint density at radius 3 is 2.62 bits per heavy atom. The number of aliphatic carboxylic acids is 1. The third-order valence-corrected chi connectivity index (χ3v) is 4.14. The molecule has 8 heteroatoms. The van der Waals surface area contributed by atoms with Gasteiger partial charge in [0.1, 0.15) is 10.3 Å². The Hall–Kier alpha value is -2.12. The van der Waals surface area contributed by atoms with Crippen LogP contribution in [0.15, 0.2) is 41.0 Å². The molecule has 2 rings (SSSR count). The van der Waals surface area contributed by atoms with Crippen molar-refractivity contribution in [1.82, 2.24) is 10.3 Å². The first kappa shape index (κ1) is 18.2. The maximum Gasteiger partial charge on any atom is 0.305 e. The maximum atomic E-state index is 12.4. The number of rotatable bonds is 6. The van der Waals surface area contributed by atoms with Crippen LogP contribution in [0.5, 0.6) is 5.75 Å². The van der Waals surface area contributed by atoms with Crippen LogP contribution < -0.4 is 10.1 Å². The SMILES string of the molecule is COc1ccc(C(=O)NC(CC(=O)O)c2ccccc2Cl)nc1Br. The van der Waals surface area contributed by atoms with E-state index >= 15 is 0 Å². The van der Waals surface area contributed by atoms with Crippen molar-refractivity contribution in [1.29, 1.82) is 0 Å². The minimum Gasteiger partial charge on any atom is -0.494 e. The van der Waals surface area contributed by atoms with Crippen molar-refractivity contribution in [2.24, 2.45) is 0 Å². The van der Waals surface area contributed by atoms with Crippen molar-refractivity contribution in [3.8, 4) is 5.75 Å². The summed E-state index contributed by atoms with van der Waals surface area (Å²) in [7, 11) is 1.49. The third kappa shape index (κ3) is 4.46. The number of benzene rings is 1. The number of carboxylic acid groups (broad SMARTS) is 1. The summed E-state index contributed by atoms with van der Waals surface area (Å²) in [6, 6.07) is 9.08. The zero-order valence-electron chi connectivity index (χ0n) is 12.6. The van der Waals surface area contributed by atoms with Crippen LogP contribution in [0.1, 0.15) is 28.5 Å². The summed E-state index contributed by atoms with van der Waals surface area (Å²) in [6.45, 7) is 0. The molecule has 0 aliphatic heterocycles. The molecule has 126 valence electrons. The van der Waals surface area contributed by atoms with Crippen LogP contribution >= 0.6 is 27.5 Å². The molecule has 0 spiro atoms. The van der Waals surface area contributed by atoms with Gasteiger partial charge in [0.2, 0.25) is 0 Å². The Labute approximate surface area is 151 Å². The molecule has 0 saturated heterocycles. The number of carboxylic acids is 1. The molecule has 6 nitrogen and oxygen atoms in total. The number of nitrogens with zero attached hydrogens (tertiary/aromatic N) is 1. The second kappa shape index (κ2) is 8.12. The lowest BCUT2D eigenvalue weighted by Crippen LogP contribution is -2.31. The molecule has 1 aromatic carbocycles. The van der Waals surface area contributed by atoms with Crippen molar-refractivity contribution in [3.05, 3.63) is 57.3 Å². The molecule has 2 N–H and O–H groups in total. The number of ether oxygens (including phenoxy) is 1. The largest absolute Gasteiger partial charge is 0.494 e. The van der Waals surface area contributed by atoms with Gasteiger partial charge in [-0.1, -0.05) is 29.8 Å². The third-order valence-electron chi connectivity index (χ3n) is 3.23. The molecular weight excluding hydrogens is 400 g/mol. The first-order valence-electron chi connectivity index (χ1n) is 6.90. The molecule has 0 radical (unpaired) electrons. The molecule has 1 heterocycles. The van der Waals surface area contributed by atoms with Gasteiger partial charge in [0.05, 0.1) is 19.6 Å². The van der Waals surface area contributed by atoms with Gasteiger partial charge in [-0.25, -0.2) is 4.98 Å². The predicted octanol–water partition coefficient (Wildman–Crippen LogP) is 3.45. The van der Waals surface area contributed by atoms with Crippen LogP contribution in [0.4, 0.5) is 0 Å². The highest BCUT2D eigenvalue weighted by Crippen LogP contribution is 2.26. The fraction of sp³-hybridized carbons (Fsp3) is 0.188. The van der Waals surface area contributed by atoms with E-state index in [-0.39, 0.29) is 12.1 Å². The van der Waals surface area contributed by atoms with Crippen molar-refractivity contribution in [2.45, 2.75) is 12.5 Å². The van der Waals surface area contributed by atoms with E-state index in [9.17, 15) is 9.59 Å². The number of carbonyl (C=O) groups is 2. The summed E-state index contributed by atoms with van der Waals surface area (Å²) in [6.07, 6.45) is -0.299. The molecule has 0 aliphatic rings. The quantitative estimate of drug-likeness (QED) is 0.708. The van der Waals surface area contributed by atoms with Crippen LogP contribution in [0.3, 0.4) is 0 Å². The van der Waals surface area contributed by atoms with Crippen LogP contribution in [-0.4, -0.2) is 29.1 Å². The number of hydrogen-bond donors (Lipinski definition) is 2. The Balaban J connectivity index is 2.26. The number of amides is 1. The predicted molar refractivity (Wildman–Crippen MR) is 92.4 cm³/mol. The van der Waals surface area contributed by atoms with Crippen LogP contribution in [-0.2, 0) is 4.79 Å². The molecule has 0 aliphatic carbocycles. The molecule has 2 aromatic rings. The Bertz CT molecular complexity index is 769. The van der Waals surface area contributed by atoms with Gasteiger partial charge >= 0.3 is 5.97 Å². The summed E-state index contributed by atoms with van der Waals surface area (Å²) in [5.74, 6) is -1.08. The zero-order chi connectivity index (χ0) is 17.7. The lowest BCUT2D eigenvalue weighted by atomic mass is 10.0. The lowest BCUT2D eigenvalue weighted by molar-refractivity contribution is -0.137. The summed E-state index contributed by atoms with van der Waals surface area (Å²) in [5, 5.41) is 12.1. The fourth-order valence-electron chi connectivity index (χ4n) is 2.10. The van der Waals surface area contributed by atoms with Gasteiger partial charge in [-0.15, -0.1) is 0 Å². The number of nitrogens with one attached hydrogen (secondary N) is 1. The van der Waals surface area contributed by atoms with Gasteiger partial charge in [0, 0.05) is 5.02 Å². The summed E-state index contributed by atoms with van der Waals surface area (Å²) < 4.78 is 5.44. The minimum atomic E-state index is -1.05. The van der Waals surface area contributed by atoms with E-state index in [2.05, 4.69) is 26.2 Å². The topological polar surface area (TPSA) is 88.5 Å². The van der Waals surface area contributed by atoms with Gasteiger partial charge in [-0.05, 0) is 39.7 Å². The monoisotopic (exact) mass is 412 g/mol. The first-order valence-corrected chi connectivity index (χ1v) is 8.07. The van der Waals surface area contributed by atoms with Gasteiger partial charge in [0.25, 0.3) is 5.91 Å². The molecule has 1 atom stereocenters. The van der Waals surface area contributed by atoms with Crippen LogP contribution in [0.25, 0.3) is 0 Å². The fourth-order valence-corrected chi connectivity index (χ4v) is 2.86. The first-order chi connectivity index (χ1) is 11.4. The van der Waals surface area contributed by atoms with Crippen molar-refractivity contribution >= 4 is 39.4 Å². The Morgan fingerprint density at radius 2 is 2.04 bits per heavy atom. The highest BCUT2D eigenvalue weighted by molar-refractivity contribution is 9.10. The van der Waals surface area contributed by atoms with Gasteiger partial charge < -0.3 is 15.2 Å². The summed E-state index contributed by atoms with van der Waals surface area (Å²) >= 11 is 9.32. The maximum absolute atomic E-state index is 12.4. The molecular formula is C16H14BrClN2O4. The van der Waals surface area contributed by atoms with Gasteiger partial charge in [0.15, 0.2) is 5.75 Å². The smallest absolute Gasteiger partial charge is 0.305 e. The van der Waals surface area contributed by atoms with Crippen LogP contribution in [0, 0.1) is 0 Å². The Kier molecular flexibility index (Phi) is 6.16. The van der Waals surface area contributed by atoms with E-state index < -0.39 is 17.9 Å². The number of methoxy groups -OCH3 is 1. The summed E-state index contributed by atoms with van der Waals surface area (Å²) in [5.41, 5.74) is 0.660. The van der Waals surface area contributed by atoms with Gasteiger partial charge in [-0.3, -0.25) is 9.59 Å². The molecule has 0 fully saturated rings. The van der Waals surface area contributed by atoms with E-state index in [0.29, 0.717) is 20.9 Å². The number of pyridine rings is 1. The number of aromatic nitrogens is 1. The highest BCUT2D eigenvalue weighted by Gasteiger charge is 2.22. The minimum absolute atomic E-state index is 0.130. The molecule has 0 bridgehead atoms. The van der Waals surface area contributed by atoms with Crippen molar-refractivity contribution < 1.29 is 19.4 Å². The number of hydrogen-bond acceptors (Lipinski definition) is 4. The van der Waals surface area contributed by atoms with Gasteiger partial charge in [-0.2, -0.15) is 0 Å². The van der Waals surface area contributed by atoms with E-state index in [1.54, 1.807) is 30.3 Å². The highest BCUT2D eigenvalue weighted by atomic mass is 79.9. The average Bonchev–Trinajstić information content (AvgIpc) is 2.54. The molecule has 1 amide bonds. The summed E-state index contributed by atoms with van der Waals surface area (Å²) in [4.78, 5) is 27.6. The molecule has 24 heavy (non-hydrogen) atoms. The molecule has 1 aromatic heterocycles. The standard InChI is InChI=1S/C16H14BrClN2O4/c1-24-13-7-6-11(19-15(13)17)16(23)20-12(8-14(21)22)9-4-2-3-5-10(9)18/h2-7,12H,8H2,1H3,(H,20,23)(H,21,22). The number of carbonyl (C=O) groups excluding carboxylic acids is 1. The molecule has 0 saturated carbocycles. The normalized spacial score (nSPS) is 11.6. The average molecular weight is 414 g/mol. The van der Waals surface area contributed by atoms with E-state index in [1.807, 2.05) is 0 Å². The second-order valence-electron chi connectivity index (χ2n) is 4.83. The van der Waals surface area contributed by atoms with Crippen molar-refractivity contribution in [2.75, 3.05) is 7.11 Å². The van der Waals surface area contributed by atoms with E-state index in [0.717, 1.165) is 0 Å². The Morgan fingerprint density at radius 1 is 1.33 bits per heavy atom. The molecule has 1 unspecified atom stereocenters. The van der Waals surface area contributed by atoms with Crippen molar-refractivity contribution in [3.63, 3.8) is 0 Å². The number of halogens is 2. The van der Waals surface area contributed by atoms with E-state index in [4.69, 9.17) is 21.4 Å². The van der Waals surface area contributed by atoms with E-state index in [1.165, 1.54) is 13.2 Å². The van der Waals surface area contributed by atoms with Crippen LogP contribution in [0.2, 0.25) is 5.02 Å².